The molecule has 21 heavy (non-hydrogen) atoms. The van der Waals surface area contributed by atoms with Crippen LogP contribution in [0.25, 0.3) is 0 Å². The van der Waals surface area contributed by atoms with Crippen molar-refractivity contribution >= 4 is 17.1 Å². The van der Waals surface area contributed by atoms with E-state index in [1.807, 2.05) is 25.1 Å². The molecule has 1 unspecified atom stereocenters. The number of hydrogen-bond acceptors (Lipinski definition) is 4. The standard InChI is InChI=1S/C16H19N3O2/c1-11-6-4-5-7-16(11)12(2)18-14-8-13(17-3)9-15(10-14)19(20)21/h4-10,12,17-18H,1-3H3. The fourth-order valence-corrected chi connectivity index (χ4v) is 2.34. The van der Waals surface area contributed by atoms with E-state index in [0.29, 0.717) is 5.69 Å². The number of benzene rings is 2. The summed E-state index contributed by atoms with van der Waals surface area (Å²) in [6.45, 7) is 4.10. The van der Waals surface area contributed by atoms with Gasteiger partial charge in [0.05, 0.1) is 4.92 Å². The predicted octanol–water partition coefficient (Wildman–Crippen LogP) is 4.12. The molecular weight excluding hydrogens is 266 g/mol. The molecule has 0 saturated heterocycles. The van der Waals surface area contributed by atoms with Crippen molar-refractivity contribution in [3.63, 3.8) is 0 Å². The minimum absolute atomic E-state index is 0.0675. The van der Waals surface area contributed by atoms with Gasteiger partial charge in [0.25, 0.3) is 5.69 Å². The zero-order valence-corrected chi connectivity index (χ0v) is 12.4. The monoisotopic (exact) mass is 285 g/mol. The molecule has 2 N–H and O–H groups in total. The number of non-ortho nitro benzene ring substituents is 1. The summed E-state index contributed by atoms with van der Waals surface area (Å²) in [6, 6.07) is 13.1. The second-order valence-corrected chi connectivity index (χ2v) is 5.00. The molecule has 0 aliphatic carbocycles. The molecule has 5 nitrogen and oxygen atoms in total. The van der Waals surface area contributed by atoms with Crippen molar-refractivity contribution in [2.75, 3.05) is 17.7 Å². The molecule has 1 atom stereocenters. The molecule has 0 aliphatic heterocycles. The lowest BCUT2D eigenvalue weighted by molar-refractivity contribution is -0.384. The van der Waals surface area contributed by atoms with Crippen molar-refractivity contribution < 1.29 is 4.92 Å². The van der Waals surface area contributed by atoms with E-state index < -0.39 is 0 Å². The first-order chi connectivity index (χ1) is 10.0. The largest absolute Gasteiger partial charge is 0.388 e. The Morgan fingerprint density at radius 1 is 1.14 bits per heavy atom. The third-order valence-corrected chi connectivity index (χ3v) is 3.46. The summed E-state index contributed by atoms with van der Waals surface area (Å²) in [7, 11) is 1.74. The average molecular weight is 285 g/mol. The Kier molecular flexibility index (Phi) is 4.42. The van der Waals surface area contributed by atoms with Gasteiger partial charge in [-0.1, -0.05) is 24.3 Å². The van der Waals surface area contributed by atoms with Crippen molar-refractivity contribution in [1.29, 1.82) is 0 Å². The Morgan fingerprint density at radius 3 is 2.43 bits per heavy atom. The number of nitrogens with one attached hydrogen (secondary N) is 2. The summed E-state index contributed by atoms with van der Waals surface area (Å²) in [5, 5.41) is 17.2. The van der Waals surface area contributed by atoms with Crippen LogP contribution in [0.15, 0.2) is 42.5 Å². The van der Waals surface area contributed by atoms with E-state index in [-0.39, 0.29) is 16.7 Å². The van der Waals surface area contributed by atoms with Gasteiger partial charge in [0, 0.05) is 36.6 Å². The van der Waals surface area contributed by atoms with Crippen LogP contribution in [0.3, 0.4) is 0 Å². The van der Waals surface area contributed by atoms with Gasteiger partial charge in [0.1, 0.15) is 0 Å². The first-order valence-corrected chi connectivity index (χ1v) is 6.80. The zero-order chi connectivity index (χ0) is 15.4. The van der Waals surface area contributed by atoms with E-state index in [2.05, 4.69) is 29.7 Å². The van der Waals surface area contributed by atoms with E-state index in [9.17, 15) is 10.1 Å². The highest BCUT2D eigenvalue weighted by Crippen LogP contribution is 2.28. The molecule has 0 radical (unpaired) electrons. The summed E-state index contributed by atoms with van der Waals surface area (Å²) in [5.74, 6) is 0. The van der Waals surface area contributed by atoms with Crippen molar-refractivity contribution in [1.82, 2.24) is 0 Å². The number of rotatable bonds is 5. The van der Waals surface area contributed by atoms with Gasteiger partial charge in [0.2, 0.25) is 0 Å². The van der Waals surface area contributed by atoms with E-state index in [1.54, 1.807) is 13.1 Å². The van der Waals surface area contributed by atoms with Gasteiger partial charge < -0.3 is 10.6 Å². The molecular formula is C16H19N3O2. The number of nitro benzene ring substituents is 1. The van der Waals surface area contributed by atoms with E-state index >= 15 is 0 Å². The van der Waals surface area contributed by atoms with Gasteiger partial charge in [-0.05, 0) is 31.0 Å². The minimum atomic E-state index is -0.384. The minimum Gasteiger partial charge on any atom is -0.388 e. The Labute approximate surface area is 124 Å². The van der Waals surface area contributed by atoms with Crippen molar-refractivity contribution in [2.45, 2.75) is 19.9 Å². The Morgan fingerprint density at radius 2 is 1.81 bits per heavy atom. The predicted molar refractivity (Wildman–Crippen MR) is 85.9 cm³/mol. The number of aryl methyl sites for hydroxylation is 1. The molecule has 0 amide bonds. The summed E-state index contributed by atoms with van der Waals surface area (Å²) in [6.07, 6.45) is 0. The van der Waals surface area contributed by atoms with Gasteiger partial charge in [-0.3, -0.25) is 10.1 Å². The Bertz CT molecular complexity index is 656. The van der Waals surface area contributed by atoms with Gasteiger partial charge >= 0.3 is 0 Å². The van der Waals surface area contributed by atoms with E-state index in [1.165, 1.54) is 17.2 Å². The molecule has 0 aromatic heterocycles. The lowest BCUT2D eigenvalue weighted by atomic mass is 10.0. The Hall–Kier alpha value is -2.56. The maximum absolute atomic E-state index is 11.0. The van der Waals surface area contributed by atoms with Crippen LogP contribution in [0.5, 0.6) is 0 Å². The number of nitro groups is 1. The van der Waals surface area contributed by atoms with Crippen LogP contribution in [-0.2, 0) is 0 Å². The smallest absolute Gasteiger partial charge is 0.273 e. The first kappa shape index (κ1) is 14.8. The molecule has 0 aliphatic rings. The van der Waals surface area contributed by atoms with Crippen LogP contribution in [0, 0.1) is 17.0 Å². The third-order valence-electron chi connectivity index (χ3n) is 3.46. The molecule has 0 spiro atoms. The van der Waals surface area contributed by atoms with Crippen LogP contribution < -0.4 is 10.6 Å². The second kappa shape index (κ2) is 6.26. The summed E-state index contributed by atoms with van der Waals surface area (Å²) >= 11 is 0. The topological polar surface area (TPSA) is 67.2 Å². The second-order valence-electron chi connectivity index (χ2n) is 5.00. The van der Waals surface area contributed by atoms with E-state index in [4.69, 9.17) is 0 Å². The van der Waals surface area contributed by atoms with Crippen LogP contribution in [-0.4, -0.2) is 12.0 Å². The highest BCUT2D eigenvalue weighted by molar-refractivity contribution is 5.63. The lowest BCUT2D eigenvalue weighted by Crippen LogP contribution is -2.08. The first-order valence-electron chi connectivity index (χ1n) is 6.80. The molecule has 2 rings (SSSR count). The average Bonchev–Trinajstić information content (AvgIpc) is 2.47. The molecule has 0 saturated carbocycles. The lowest BCUT2D eigenvalue weighted by Gasteiger charge is -2.18. The Balaban J connectivity index is 2.28. The maximum Gasteiger partial charge on any atom is 0.273 e. The summed E-state index contributed by atoms with van der Waals surface area (Å²) in [5.41, 5.74) is 3.88. The third kappa shape index (κ3) is 3.51. The van der Waals surface area contributed by atoms with Crippen LogP contribution in [0.2, 0.25) is 0 Å². The van der Waals surface area contributed by atoms with Crippen molar-refractivity contribution in [3.8, 4) is 0 Å². The van der Waals surface area contributed by atoms with Crippen LogP contribution >= 0.6 is 0 Å². The fourth-order valence-electron chi connectivity index (χ4n) is 2.34. The molecule has 0 bridgehead atoms. The number of hydrogen-bond donors (Lipinski definition) is 2. The SMILES string of the molecule is CNc1cc(NC(C)c2ccccc2C)cc([N+](=O)[O-])c1. The normalized spacial score (nSPS) is 11.8. The zero-order valence-electron chi connectivity index (χ0n) is 12.4. The number of nitrogens with zero attached hydrogens (tertiary/aromatic N) is 1. The molecule has 0 fully saturated rings. The maximum atomic E-state index is 11.0. The van der Waals surface area contributed by atoms with Crippen LogP contribution in [0.1, 0.15) is 24.1 Å². The summed E-state index contributed by atoms with van der Waals surface area (Å²) < 4.78 is 0. The van der Waals surface area contributed by atoms with Crippen molar-refractivity contribution in [3.05, 3.63) is 63.7 Å². The van der Waals surface area contributed by atoms with Gasteiger partial charge in [-0.25, -0.2) is 0 Å². The fraction of sp³-hybridized carbons (Fsp3) is 0.250. The molecule has 5 heteroatoms. The molecule has 0 heterocycles. The highest BCUT2D eigenvalue weighted by atomic mass is 16.6. The number of anilines is 2. The quantitative estimate of drug-likeness (QED) is 0.640. The van der Waals surface area contributed by atoms with E-state index in [0.717, 1.165) is 5.69 Å². The molecule has 110 valence electrons. The summed E-state index contributed by atoms with van der Waals surface area (Å²) in [4.78, 5) is 10.6. The highest BCUT2D eigenvalue weighted by Gasteiger charge is 2.12. The van der Waals surface area contributed by atoms with Crippen LogP contribution in [0.4, 0.5) is 17.1 Å². The molecule has 2 aromatic rings. The van der Waals surface area contributed by atoms with Gasteiger partial charge in [0.15, 0.2) is 0 Å². The van der Waals surface area contributed by atoms with Crippen molar-refractivity contribution in [2.24, 2.45) is 0 Å². The molecule has 2 aromatic carbocycles. The van der Waals surface area contributed by atoms with Gasteiger partial charge in [-0.15, -0.1) is 0 Å². The van der Waals surface area contributed by atoms with Gasteiger partial charge in [-0.2, -0.15) is 0 Å².